The summed E-state index contributed by atoms with van der Waals surface area (Å²) < 4.78 is 11.2. The molecule has 0 aromatic carbocycles. The van der Waals surface area contributed by atoms with Crippen molar-refractivity contribution in [1.82, 2.24) is 0 Å². The Hall–Kier alpha value is -0.750. The van der Waals surface area contributed by atoms with E-state index >= 15 is 0 Å². The average molecular weight is 298 g/mol. The van der Waals surface area contributed by atoms with Crippen LogP contribution in [0.3, 0.4) is 0 Å². The second kappa shape index (κ2) is 5.80. The number of aliphatic hydroxyl groups excluding tert-OH is 1. The van der Waals surface area contributed by atoms with E-state index in [0.717, 1.165) is 6.42 Å². The van der Waals surface area contributed by atoms with Crippen LogP contribution in [0.25, 0.3) is 0 Å². The Morgan fingerprint density at radius 1 is 1.48 bits per heavy atom. The van der Waals surface area contributed by atoms with E-state index in [0.29, 0.717) is 12.7 Å². The van der Waals surface area contributed by atoms with Crippen molar-refractivity contribution in [3.05, 3.63) is 11.6 Å². The van der Waals surface area contributed by atoms with Crippen molar-refractivity contribution in [1.29, 1.82) is 0 Å². The summed E-state index contributed by atoms with van der Waals surface area (Å²) in [5, 5.41) is 20.8. The fourth-order valence-corrected chi connectivity index (χ4v) is 3.62. The summed E-state index contributed by atoms with van der Waals surface area (Å²) in [6, 6.07) is 0. The second-order valence-corrected chi connectivity index (χ2v) is 6.70. The van der Waals surface area contributed by atoms with Gasteiger partial charge in [0.15, 0.2) is 6.29 Å². The largest absolute Gasteiger partial charge is 0.390 e. The van der Waals surface area contributed by atoms with Crippen molar-refractivity contribution in [3.63, 3.8) is 0 Å². The molecule has 2 N–H and O–H groups in total. The number of ether oxygens (including phenoxy) is 2. The molecule has 120 valence electrons. The molecule has 2 aliphatic rings. The third-order valence-electron chi connectivity index (χ3n) is 4.90. The van der Waals surface area contributed by atoms with Gasteiger partial charge in [-0.15, -0.1) is 0 Å². The maximum absolute atomic E-state index is 11.5. The molecule has 0 amide bonds. The van der Waals surface area contributed by atoms with Gasteiger partial charge in [-0.2, -0.15) is 0 Å². The molecule has 2 fully saturated rings. The zero-order chi connectivity index (χ0) is 15.8. The number of hydrogen-bond acceptors (Lipinski definition) is 5. The van der Waals surface area contributed by atoms with Crippen LogP contribution in [0.15, 0.2) is 11.6 Å². The normalized spacial score (nSPS) is 46.0. The molecule has 1 saturated heterocycles. The maximum Gasteiger partial charge on any atom is 0.152 e. The van der Waals surface area contributed by atoms with E-state index in [4.69, 9.17) is 9.47 Å². The molecule has 6 atom stereocenters. The first-order chi connectivity index (χ1) is 9.78. The lowest BCUT2D eigenvalue weighted by Gasteiger charge is -2.45. The van der Waals surface area contributed by atoms with E-state index < -0.39 is 29.3 Å². The molecule has 5 nitrogen and oxygen atoms in total. The Morgan fingerprint density at radius 2 is 2.14 bits per heavy atom. The minimum atomic E-state index is -1.51. The number of allylic oxidation sites excluding steroid dienone is 1. The van der Waals surface area contributed by atoms with Gasteiger partial charge >= 0.3 is 0 Å². The minimum absolute atomic E-state index is 0.0631. The van der Waals surface area contributed by atoms with Crippen LogP contribution in [0.5, 0.6) is 0 Å². The maximum atomic E-state index is 11.5. The smallest absolute Gasteiger partial charge is 0.152 e. The number of epoxide rings is 1. The second-order valence-electron chi connectivity index (χ2n) is 6.70. The molecule has 1 aliphatic heterocycles. The van der Waals surface area contributed by atoms with Gasteiger partial charge in [0.1, 0.15) is 11.2 Å². The Bertz CT molecular complexity index is 430. The van der Waals surface area contributed by atoms with Gasteiger partial charge in [-0.1, -0.05) is 11.6 Å². The van der Waals surface area contributed by atoms with Crippen LogP contribution in [-0.2, 0) is 14.3 Å². The first-order valence-electron chi connectivity index (χ1n) is 7.49. The van der Waals surface area contributed by atoms with E-state index in [-0.39, 0.29) is 12.5 Å². The van der Waals surface area contributed by atoms with Crippen molar-refractivity contribution in [3.8, 4) is 0 Å². The van der Waals surface area contributed by atoms with Gasteiger partial charge in [-0.05, 0) is 40.0 Å². The minimum Gasteiger partial charge on any atom is -0.390 e. The van der Waals surface area contributed by atoms with Crippen LogP contribution in [0.1, 0.15) is 40.0 Å². The van der Waals surface area contributed by atoms with E-state index in [1.54, 1.807) is 0 Å². The molecular formula is C16H26O5. The summed E-state index contributed by atoms with van der Waals surface area (Å²) in [6.45, 7) is 5.92. The summed E-state index contributed by atoms with van der Waals surface area (Å²) in [5.74, 6) is -0.563. The highest BCUT2D eigenvalue weighted by molar-refractivity contribution is 5.64. The lowest BCUT2D eigenvalue weighted by molar-refractivity contribution is -0.178. The summed E-state index contributed by atoms with van der Waals surface area (Å²) in [5.41, 5.74) is -0.955. The van der Waals surface area contributed by atoms with E-state index in [9.17, 15) is 15.0 Å². The van der Waals surface area contributed by atoms with Crippen LogP contribution in [0.2, 0.25) is 0 Å². The van der Waals surface area contributed by atoms with Crippen LogP contribution < -0.4 is 0 Å². The van der Waals surface area contributed by atoms with Gasteiger partial charge in [0.2, 0.25) is 0 Å². The molecule has 1 aliphatic carbocycles. The Balaban J connectivity index is 2.24. The van der Waals surface area contributed by atoms with Gasteiger partial charge in [-0.25, -0.2) is 0 Å². The van der Waals surface area contributed by atoms with E-state index in [2.05, 4.69) is 6.08 Å². The highest BCUT2D eigenvalue weighted by Gasteiger charge is 2.67. The van der Waals surface area contributed by atoms with Crippen molar-refractivity contribution < 1.29 is 24.5 Å². The summed E-state index contributed by atoms with van der Waals surface area (Å²) in [7, 11) is 1.49. The van der Waals surface area contributed by atoms with Crippen molar-refractivity contribution >= 4 is 6.29 Å². The first-order valence-corrected chi connectivity index (χ1v) is 7.49. The summed E-state index contributed by atoms with van der Waals surface area (Å²) >= 11 is 0. The number of aliphatic hydroxyl groups is 2. The lowest BCUT2D eigenvalue weighted by Crippen LogP contribution is -2.60. The molecule has 1 heterocycles. The molecule has 2 rings (SSSR count). The van der Waals surface area contributed by atoms with E-state index in [1.807, 2.05) is 20.8 Å². The topological polar surface area (TPSA) is 79.3 Å². The Morgan fingerprint density at radius 3 is 2.67 bits per heavy atom. The van der Waals surface area contributed by atoms with E-state index in [1.165, 1.54) is 12.7 Å². The van der Waals surface area contributed by atoms with Crippen LogP contribution in [0.4, 0.5) is 0 Å². The number of hydrogen-bond donors (Lipinski definition) is 2. The Kier molecular flexibility index (Phi) is 4.59. The molecule has 1 saturated carbocycles. The van der Waals surface area contributed by atoms with Crippen LogP contribution in [-0.4, -0.2) is 53.1 Å². The molecule has 0 radical (unpaired) electrons. The number of aldehydes is 1. The standard InChI is InChI=1S/C16H26O5/c1-10(2)5-6-12-15(3,21-12)14-13(20-4)11(18)7-8-16(14,19)9-17/h5,9,11-14,18-19H,6-8H2,1-4H3/t11-,12-,13+,14+,15-,16-/m0/s1. The van der Waals surface area contributed by atoms with Crippen molar-refractivity contribution in [2.75, 3.05) is 7.11 Å². The third kappa shape index (κ3) is 2.93. The molecular weight excluding hydrogens is 272 g/mol. The third-order valence-corrected chi connectivity index (χ3v) is 4.90. The lowest BCUT2D eigenvalue weighted by atomic mass is 9.66. The fraction of sp³-hybridized carbons (Fsp3) is 0.812. The molecule has 0 aromatic heterocycles. The average Bonchev–Trinajstić information content (AvgIpc) is 3.10. The predicted octanol–water partition coefficient (Wildman–Crippen LogP) is 1.22. The van der Waals surface area contributed by atoms with Gasteiger partial charge in [0.05, 0.1) is 24.2 Å². The highest BCUT2D eigenvalue weighted by Crippen LogP contribution is 2.53. The number of methoxy groups -OCH3 is 1. The molecule has 0 aromatic rings. The number of carbonyl (C=O) groups is 1. The van der Waals surface area contributed by atoms with Gasteiger partial charge in [0, 0.05) is 7.11 Å². The zero-order valence-corrected chi connectivity index (χ0v) is 13.2. The molecule has 21 heavy (non-hydrogen) atoms. The Labute approximate surface area is 125 Å². The predicted molar refractivity (Wildman–Crippen MR) is 77.9 cm³/mol. The van der Waals surface area contributed by atoms with Crippen LogP contribution >= 0.6 is 0 Å². The number of rotatable bonds is 5. The van der Waals surface area contributed by atoms with Crippen molar-refractivity contribution in [2.45, 2.75) is 69.5 Å². The van der Waals surface area contributed by atoms with Gasteiger partial charge in [0.25, 0.3) is 0 Å². The molecule has 0 spiro atoms. The summed E-state index contributed by atoms with van der Waals surface area (Å²) in [6.07, 6.45) is 2.62. The monoisotopic (exact) mass is 298 g/mol. The quantitative estimate of drug-likeness (QED) is 0.453. The highest BCUT2D eigenvalue weighted by atomic mass is 16.6. The van der Waals surface area contributed by atoms with Gasteiger partial charge in [-0.3, -0.25) is 0 Å². The van der Waals surface area contributed by atoms with Crippen LogP contribution in [0, 0.1) is 5.92 Å². The summed E-state index contributed by atoms with van der Waals surface area (Å²) in [4.78, 5) is 11.5. The molecule has 0 bridgehead atoms. The van der Waals surface area contributed by atoms with Crippen molar-refractivity contribution in [2.24, 2.45) is 5.92 Å². The SMILES string of the molecule is CO[C@H]1[C@H]([C@@]2(C)O[C@H]2CC=C(C)C)[C@@](O)(C=O)CC[C@@H]1O. The zero-order valence-electron chi connectivity index (χ0n) is 13.2. The fourth-order valence-electron chi connectivity index (χ4n) is 3.62. The first kappa shape index (κ1) is 16.6. The number of carbonyl (C=O) groups excluding carboxylic acids is 1. The van der Waals surface area contributed by atoms with Gasteiger partial charge < -0.3 is 24.5 Å². The molecule has 0 unspecified atom stereocenters. The molecule has 5 heteroatoms.